The number of nitrogens with zero attached hydrogens (tertiary/aromatic N) is 3. The third-order valence-corrected chi connectivity index (χ3v) is 5.55. The Morgan fingerprint density at radius 2 is 2.07 bits per heavy atom. The van der Waals surface area contributed by atoms with Crippen molar-refractivity contribution in [3.63, 3.8) is 0 Å². The molecule has 2 aromatic rings. The van der Waals surface area contributed by atoms with Crippen molar-refractivity contribution in [2.24, 2.45) is 0 Å². The first-order valence-corrected chi connectivity index (χ1v) is 9.11. The van der Waals surface area contributed by atoms with Crippen molar-refractivity contribution in [3.05, 3.63) is 51.5 Å². The Morgan fingerprint density at radius 3 is 2.70 bits per heavy atom. The van der Waals surface area contributed by atoms with Gasteiger partial charge < -0.3 is 4.90 Å². The van der Waals surface area contributed by atoms with Crippen molar-refractivity contribution in [3.8, 4) is 0 Å². The number of benzene rings is 1. The molecule has 2 amide bonds. The Morgan fingerprint density at radius 1 is 1.41 bits per heavy atom. The summed E-state index contributed by atoms with van der Waals surface area (Å²) in [6.45, 7) is 1.48. The Balaban J connectivity index is 1.58. The maximum absolute atomic E-state index is 14.6. The fraction of sp³-hybridized carbons (Fsp3) is 0.333. The SMILES string of the molecule is Cc1cnc(NC(=O)CN2C[C@@]3(C[C@@H]3F)c3c(ccc(Br)c3F)C2=O)nc1. The number of alkyl halides is 1. The van der Waals surface area contributed by atoms with Crippen molar-refractivity contribution in [1.29, 1.82) is 0 Å². The number of halogens is 3. The lowest BCUT2D eigenvalue weighted by molar-refractivity contribution is -0.117. The summed E-state index contributed by atoms with van der Waals surface area (Å²) < 4.78 is 29.0. The van der Waals surface area contributed by atoms with Gasteiger partial charge in [-0.2, -0.15) is 0 Å². The molecule has 1 spiro atoms. The molecular weight excluding hydrogens is 422 g/mol. The molecule has 2 atom stereocenters. The zero-order chi connectivity index (χ0) is 19.3. The van der Waals surface area contributed by atoms with Gasteiger partial charge in [-0.05, 0) is 47.0 Å². The second kappa shape index (κ2) is 6.33. The number of carbonyl (C=O) groups is 2. The van der Waals surface area contributed by atoms with Gasteiger partial charge in [0.05, 0.1) is 9.89 Å². The van der Waals surface area contributed by atoms with Crippen LogP contribution in [0.4, 0.5) is 14.7 Å². The Hall–Kier alpha value is -2.42. The van der Waals surface area contributed by atoms with E-state index >= 15 is 0 Å². The van der Waals surface area contributed by atoms with E-state index in [1.807, 2.05) is 6.92 Å². The first-order chi connectivity index (χ1) is 12.8. The lowest BCUT2D eigenvalue weighted by atomic mass is 9.85. The van der Waals surface area contributed by atoms with Crippen LogP contribution in [0.3, 0.4) is 0 Å². The van der Waals surface area contributed by atoms with Crippen LogP contribution in [-0.2, 0) is 10.2 Å². The van der Waals surface area contributed by atoms with Gasteiger partial charge in [0.15, 0.2) is 0 Å². The number of rotatable bonds is 3. The van der Waals surface area contributed by atoms with E-state index in [4.69, 9.17) is 0 Å². The number of nitrogens with one attached hydrogen (secondary N) is 1. The van der Waals surface area contributed by atoms with Gasteiger partial charge in [-0.3, -0.25) is 14.9 Å². The standard InChI is InChI=1S/C18H15BrF2N4O2/c1-9-5-22-17(23-6-9)24-13(26)7-25-8-18(4-12(18)20)14-10(16(25)27)2-3-11(19)15(14)21/h2-3,5-6,12H,4,7-8H2,1H3,(H,22,23,24,26)/t12-,18+/m0/s1. The van der Waals surface area contributed by atoms with Gasteiger partial charge in [0.25, 0.3) is 5.91 Å². The molecule has 1 aliphatic carbocycles. The van der Waals surface area contributed by atoms with Gasteiger partial charge in [0, 0.05) is 30.1 Å². The summed E-state index contributed by atoms with van der Waals surface area (Å²) in [6, 6.07) is 2.88. The maximum Gasteiger partial charge on any atom is 0.254 e. The number of anilines is 1. The minimum atomic E-state index is -1.25. The summed E-state index contributed by atoms with van der Waals surface area (Å²) >= 11 is 3.09. The lowest BCUT2D eigenvalue weighted by Crippen LogP contribution is -2.48. The number of amides is 2. The molecular formula is C18H15BrF2N4O2. The third-order valence-electron chi connectivity index (χ3n) is 4.93. The summed E-state index contributed by atoms with van der Waals surface area (Å²) in [5.74, 6) is -1.49. The lowest BCUT2D eigenvalue weighted by Gasteiger charge is -2.34. The van der Waals surface area contributed by atoms with Gasteiger partial charge >= 0.3 is 0 Å². The van der Waals surface area contributed by atoms with Gasteiger partial charge in [-0.25, -0.2) is 18.7 Å². The molecule has 4 rings (SSSR count). The van der Waals surface area contributed by atoms with Crippen LogP contribution in [0.2, 0.25) is 0 Å². The first kappa shape index (κ1) is 18.0. The Bertz CT molecular complexity index is 953. The van der Waals surface area contributed by atoms with E-state index in [0.29, 0.717) is 0 Å². The number of aromatic nitrogens is 2. The van der Waals surface area contributed by atoms with Crippen molar-refractivity contribution in [2.75, 3.05) is 18.4 Å². The van der Waals surface area contributed by atoms with E-state index in [0.717, 1.165) is 5.56 Å². The van der Waals surface area contributed by atoms with Gasteiger partial charge in [-0.1, -0.05) is 0 Å². The van der Waals surface area contributed by atoms with E-state index in [2.05, 4.69) is 31.2 Å². The third kappa shape index (κ3) is 2.99. The van der Waals surface area contributed by atoms with Crippen LogP contribution >= 0.6 is 15.9 Å². The predicted octanol–water partition coefficient (Wildman–Crippen LogP) is 2.76. The number of carbonyl (C=O) groups excluding carboxylic acids is 2. The minimum Gasteiger partial charge on any atom is -0.328 e. The van der Waals surface area contributed by atoms with Gasteiger partial charge in [-0.15, -0.1) is 0 Å². The average molecular weight is 437 g/mol. The maximum atomic E-state index is 14.6. The van der Waals surface area contributed by atoms with E-state index in [1.54, 1.807) is 12.4 Å². The second-order valence-corrected chi connectivity index (χ2v) is 7.76. The minimum absolute atomic E-state index is 0.0461. The largest absolute Gasteiger partial charge is 0.328 e. The van der Waals surface area contributed by atoms with Crippen LogP contribution in [0.5, 0.6) is 0 Å². The van der Waals surface area contributed by atoms with Crippen LogP contribution in [0, 0.1) is 12.7 Å². The normalized spacial score (nSPS) is 23.3. The molecule has 2 aliphatic rings. The fourth-order valence-electron chi connectivity index (χ4n) is 3.48. The molecule has 140 valence electrons. The Kier molecular flexibility index (Phi) is 4.21. The molecule has 1 aromatic carbocycles. The summed E-state index contributed by atoms with van der Waals surface area (Å²) in [4.78, 5) is 34.2. The molecule has 0 saturated heterocycles. The highest BCUT2D eigenvalue weighted by Crippen LogP contribution is 2.55. The molecule has 0 radical (unpaired) electrons. The van der Waals surface area contributed by atoms with Crippen molar-refractivity contribution < 1.29 is 18.4 Å². The van der Waals surface area contributed by atoms with Crippen LogP contribution in [-0.4, -0.2) is 45.9 Å². The zero-order valence-corrected chi connectivity index (χ0v) is 15.9. The number of hydrogen-bond acceptors (Lipinski definition) is 4. The molecule has 0 bridgehead atoms. The quantitative estimate of drug-likeness (QED) is 0.802. The van der Waals surface area contributed by atoms with Crippen LogP contribution in [0.15, 0.2) is 29.0 Å². The molecule has 6 nitrogen and oxygen atoms in total. The second-order valence-electron chi connectivity index (χ2n) is 6.91. The topological polar surface area (TPSA) is 75.2 Å². The van der Waals surface area contributed by atoms with E-state index in [9.17, 15) is 18.4 Å². The van der Waals surface area contributed by atoms with E-state index < -0.39 is 29.2 Å². The number of aryl methyl sites for hydroxylation is 1. The average Bonchev–Trinajstić information content (AvgIpc) is 3.26. The first-order valence-electron chi connectivity index (χ1n) is 8.32. The highest BCUT2D eigenvalue weighted by atomic mass is 79.9. The van der Waals surface area contributed by atoms with Crippen molar-refractivity contribution >= 4 is 33.7 Å². The molecule has 2 heterocycles. The van der Waals surface area contributed by atoms with E-state index in [-0.39, 0.29) is 41.1 Å². The van der Waals surface area contributed by atoms with Gasteiger partial charge in [0.1, 0.15) is 18.5 Å². The molecule has 0 unspecified atom stereocenters. The molecule has 27 heavy (non-hydrogen) atoms. The van der Waals surface area contributed by atoms with Crippen LogP contribution < -0.4 is 5.32 Å². The summed E-state index contributed by atoms with van der Waals surface area (Å²) in [5, 5.41) is 2.51. The van der Waals surface area contributed by atoms with Crippen LogP contribution in [0.1, 0.15) is 27.9 Å². The number of fused-ring (bicyclic) bond motifs is 2. The highest BCUT2D eigenvalue weighted by Gasteiger charge is 2.62. The monoisotopic (exact) mass is 436 g/mol. The van der Waals surface area contributed by atoms with E-state index in [1.165, 1.54) is 17.0 Å². The molecule has 1 fully saturated rings. The number of hydrogen-bond donors (Lipinski definition) is 1. The molecule has 1 saturated carbocycles. The smallest absolute Gasteiger partial charge is 0.254 e. The van der Waals surface area contributed by atoms with Crippen LogP contribution in [0.25, 0.3) is 0 Å². The molecule has 1 N–H and O–H groups in total. The zero-order valence-electron chi connectivity index (χ0n) is 14.3. The highest BCUT2D eigenvalue weighted by molar-refractivity contribution is 9.10. The Labute approximate surface area is 162 Å². The molecule has 9 heteroatoms. The molecule has 1 aliphatic heterocycles. The van der Waals surface area contributed by atoms with Crippen molar-refractivity contribution in [1.82, 2.24) is 14.9 Å². The summed E-state index contributed by atoms with van der Waals surface area (Å²) in [5.41, 5.74) is -0.0411. The van der Waals surface area contributed by atoms with Gasteiger partial charge in [0.2, 0.25) is 11.9 Å². The fourth-order valence-corrected chi connectivity index (χ4v) is 3.81. The van der Waals surface area contributed by atoms with Crippen molar-refractivity contribution in [2.45, 2.75) is 24.9 Å². The summed E-state index contributed by atoms with van der Waals surface area (Å²) in [6.07, 6.45) is 1.98. The molecule has 1 aromatic heterocycles. The summed E-state index contributed by atoms with van der Waals surface area (Å²) in [7, 11) is 0. The predicted molar refractivity (Wildman–Crippen MR) is 96.6 cm³/mol.